The first-order valence-electron chi connectivity index (χ1n) is 9.76. The first-order chi connectivity index (χ1) is 14.9. The molecule has 0 saturated carbocycles. The Kier molecular flexibility index (Phi) is 5.91. The highest BCUT2D eigenvalue weighted by Gasteiger charge is 2.31. The number of tetrazole rings is 1. The Morgan fingerprint density at radius 1 is 1.16 bits per heavy atom. The lowest BCUT2D eigenvalue weighted by Gasteiger charge is -2.23. The number of rotatable bonds is 8. The molecule has 0 unspecified atom stereocenters. The predicted molar refractivity (Wildman–Crippen MR) is 112 cm³/mol. The number of aromatic nitrogens is 4. The van der Waals surface area contributed by atoms with Gasteiger partial charge in [0.05, 0.1) is 22.9 Å². The molecule has 2 aromatic carbocycles. The number of sulfonamides is 1. The van der Waals surface area contributed by atoms with E-state index in [1.165, 1.54) is 28.9 Å². The second-order valence-electron chi connectivity index (χ2n) is 7.20. The highest BCUT2D eigenvalue weighted by molar-refractivity contribution is 7.92. The van der Waals surface area contributed by atoms with Gasteiger partial charge in [-0.1, -0.05) is 35.4 Å². The Morgan fingerprint density at radius 3 is 2.55 bits per heavy atom. The Balaban J connectivity index is 1.72. The highest BCUT2D eigenvalue weighted by Crippen LogP contribution is 2.26. The highest BCUT2D eigenvalue weighted by atomic mass is 32.2. The third-order valence-electron chi connectivity index (χ3n) is 5.10. The van der Waals surface area contributed by atoms with E-state index >= 15 is 0 Å². The van der Waals surface area contributed by atoms with E-state index in [1.807, 2.05) is 30.3 Å². The topological polar surface area (TPSA) is 136 Å². The lowest BCUT2D eigenvalue weighted by atomic mass is 10.2. The van der Waals surface area contributed by atoms with Crippen molar-refractivity contribution >= 4 is 21.7 Å². The van der Waals surface area contributed by atoms with E-state index in [0.717, 1.165) is 29.3 Å². The fraction of sp³-hybridized carbons (Fsp3) is 0.316. The van der Waals surface area contributed by atoms with Gasteiger partial charge in [-0.15, -0.1) is 0 Å². The van der Waals surface area contributed by atoms with Crippen LogP contribution in [-0.2, 0) is 23.1 Å². The number of non-ortho nitro benzene ring substituents is 1. The van der Waals surface area contributed by atoms with Crippen molar-refractivity contribution in [2.75, 3.05) is 10.8 Å². The van der Waals surface area contributed by atoms with Crippen LogP contribution in [0, 0.1) is 10.1 Å². The van der Waals surface area contributed by atoms with Gasteiger partial charge in [0.2, 0.25) is 0 Å². The molecule has 2 heterocycles. The zero-order valence-corrected chi connectivity index (χ0v) is 17.4. The van der Waals surface area contributed by atoms with Crippen LogP contribution in [0.1, 0.15) is 18.4 Å². The van der Waals surface area contributed by atoms with Crippen molar-refractivity contribution in [3.63, 3.8) is 0 Å². The Labute approximate surface area is 178 Å². The number of nitrogens with zero attached hydrogens (tertiary/aromatic N) is 6. The van der Waals surface area contributed by atoms with E-state index in [4.69, 9.17) is 0 Å². The van der Waals surface area contributed by atoms with Crippen molar-refractivity contribution in [2.45, 2.75) is 36.9 Å². The normalized spacial score (nSPS) is 16.3. The molecule has 31 heavy (non-hydrogen) atoms. The maximum absolute atomic E-state index is 13.5. The van der Waals surface area contributed by atoms with Crippen molar-refractivity contribution in [3.8, 4) is 0 Å². The van der Waals surface area contributed by atoms with E-state index in [-0.39, 0.29) is 29.1 Å². The Hall–Kier alpha value is -3.38. The second-order valence-corrected chi connectivity index (χ2v) is 9.06. The molecule has 0 bridgehead atoms. The molecule has 162 valence electrons. The summed E-state index contributed by atoms with van der Waals surface area (Å²) in [6.07, 6.45) is 1.99. The van der Waals surface area contributed by atoms with Gasteiger partial charge < -0.3 is 5.32 Å². The summed E-state index contributed by atoms with van der Waals surface area (Å²) >= 11 is 0. The van der Waals surface area contributed by atoms with Gasteiger partial charge in [0.25, 0.3) is 21.7 Å². The van der Waals surface area contributed by atoms with Crippen LogP contribution >= 0.6 is 0 Å². The molecular formula is C19H21N7O4S. The van der Waals surface area contributed by atoms with Gasteiger partial charge in [-0.05, 0) is 47.5 Å². The van der Waals surface area contributed by atoms with Gasteiger partial charge in [0, 0.05) is 18.2 Å². The van der Waals surface area contributed by atoms with Crippen LogP contribution in [0.5, 0.6) is 0 Å². The fourth-order valence-corrected chi connectivity index (χ4v) is 4.90. The molecule has 0 spiro atoms. The minimum atomic E-state index is -4.09. The summed E-state index contributed by atoms with van der Waals surface area (Å²) in [6.45, 7) is 1.35. The maximum atomic E-state index is 13.5. The fourth-order valence-electron chi connectivity index (χ4n) is 3.50. The van der Waals surface area contributed by atoms with Crippen LogP contribution in [0.2, 0.25) is 0 Å². The average Bonchev–Trinajstić information content (AvgIpc) is 3.45. The van der Waals surface area contributed by atoms with Crippen LogP contribution in [0.25, 0.3) is 0 Å². The van der Waals surface area contributed by atoms with Gasteiger partial charge in [-0.3, -0.25) is 10.1 Å². The molecule has 1 saturated heterocycles. The van der Waals surface area contributed by atoms with Crippen LogP contribution in [-0.4, -0.2) is 46.1 Å². The first-order valence-corrected chi connectivity index (χ1v) is 11.2. The summed E-state index contributed by atoms with van der Waals surface area (Å²) in [7, 11) is -4.09. The second kappa shape index (κ2) is 8.78. The third-order valence-corrected chi connectivity index (χ3v) is 6.84. The summed E-state index contributed by atoms with van der Waals surface area (Å²) in [5.41, 5.74) is 0.562. The lowest BCUT2D eigenvalue weighted by molar-refractivity contribution is -0.384. The third kappa shape index (κ3) is 4.54. The van der Waals surface area contributed by atoms with Gasteiger partial charge in [-0.2, -0.15) is 0 Å². The Bertz CT molecular complexity index is 1140. The number of nitro groups is 1. The van der Waals surface area contributed by atoms with Gasteiger partial charge >= 0.3 is 0 Å². The van der Waals surface area contributed by atoms with Crippen molar-refractivity contribution in [1.29, 1.82) is 0 Å². The molecule has 3 aromatic rings. The maximum Gasteiger partial charge on any atom is 0.269 e. The summed E-state index contributed by atoms with van der Waals surface area (Å²) in [6, 6.07) is 14.0. The van der Waals surface area contributed by atoms with Crippen molar-refractivity contribution in [1.82, 2.24) is 25.5 Å². The first kappa shape index (κ1) is 20.9. The van der Waals surface area contributed by atoms with Crippen molar-refractivity contribution in [3.05, 3.63) is 70.3 Å². The molecule has 12 heteroatoms. The molecule has 0 amide bonds. The minimum Gasteiger partial charge on any atom is -0.312 e. The van der Waals surface area contributed by atoms with E-state index in [0.29, 0.717) is 6.54 Å². The zero-order valence-electron chi connectivity index (χ0n) is 16.5. The summed E-state index contributed by atoms with van der Waals surface area (Å²) in [4.78, 5) is 10.3. The van der Waals surface area contributed by atoms with Crippen molar-refractivity contribution in [2.24, 2.45) is 0 Å². The molecule has 0 aliphatic carbocycles. The number of benzene rings is 2. The van der Waals surface area contributed by atoms with Crippen molar-refractivity contribution < 1.29 is 13.3 Å². The van der Waals surface area contributed by atoms with Gasteiger partial charge in [0.1, 0.15) is 0 Å². The molecule has 1 aromatic heterocycles. The number of nitrogens with one attached hydrogen (secondary N) is 1. The zero-order chi connectivity index (χ0) is 21.8. The molecule has 1 atom stereocenters. The molecule has 1 aliphatic heterocycles. The molecule has 1 aliphatic rings. The van der Waals surface area contributed by atoms with E-state index in [2.05, 4.69) is 20.8 Å². The lowest BCUT2D eigenvalue weighted by Crippen LogP contribution is -2.35. The average molecular weight is 443 g/mol. The van der Waals surface area contributed by atoms with E-state index < -0.39 is 14.9 Å². The number of anilines is 1. The predicted octanol–water partition coefficient (Wildman–Crippen LogP) is 1.73. The van der Waals surface area contributed by atoms with E-state index in [9.17, 15) is 18.5 Å². The summed E-state index contributed by atoms with van der Waals surface area (Å²) in [5, 5.41) is 26.0. The van der Waals surface area contributed by atoms with Crippen LogP contribution < -0.4 is 9.62 Å². The van der Waals surface area contributed by atoms with Crippen LogP contribution in [0.4, 0.5) is 11.6 Å². The molecule has 0 radical (unpaired) electrons. The number of nitro benzene ring substituents is 1. The standard InChI is InChI=1S/C19H21N7O4S/c27-26(28)17-8-10-18(11-9-17)31(29,30)25(13-15-5-2-1-3-6-15)19-21-22-23-24(19)14-16-7-4-12-20-16/h1-3,5-6,8-11,16,20H,4,7,12-14H2/t16-/m0/s1. The molecule has 4 rings (SSSR count). The Morgan fingerprint density at radius 2 is 1.90 bits per heavy atom. The molecule has 11 nitrogen and oxygen atoms in total. The number of hydrogen-bond donors (Lipinski definition) is 1. The van der Waals surface area contributed by atoms with E-state index in [1.54, 1.807) is 0 Å². The molecule has 1 fully saturated rings. The number of hydrogen-bond acceptors (Lipinski definition) is 8. The SMILES string of the molecule is O=[N+]([O-])c1ccc(S(=O)(=O)N(Cc2ccccc2)c2nnnn2C[C@@H]2CCCN2)cc1. The van der Waals surface area contributed by atoms with Gasteiger partial charge in [-0.25, -0.2) is 17.4 Å². The monoisotopic (exact) mass is 443 g/mol. The molecular weight excluding hydrogens is 422 g/mol. The van der Waals surface area contributed by atoms with Crippen LogP contribution in [0.3, 0.4) is 0 Å². The largest absolute Gasteiger partial charge is 0.312 e. The van der Waals surface area contributed by atoms with Gasteiger partial charge in [0.15, 0.2) is 0 Å². The quantitative estimate of drug-likeness (QED) is 0.411. The minimum absolute atomic E-state index is 0.0125. The smallest absolute Gasteiger partial charge is 0.269 e. The summed E-state index contributed by atoms with van der Waals surface area (Å²) in [5.74, 6) is 0.0934. The summed E-state index contributed by atoms with van der Waals surface area (Å²) < 4.78 is 29.7. The molecule has 1 N–H and O–H groups in total. The van der Waals surface area contributed by atoms with Crippen LogP contribution in [0.15, 0.2) is 59.5 Å².